The van der Waals surface area contributed by atoms with Crippen LogP contribution in [-0.2, 0) is 16.0 Å². The van der Waals surface area contributed by atoms with E-state index < -0.39 is 40.2 Å². The Balaban J connectivity index is 1.21. The van der Waals surface area contributed by atoms with Crippen molar-refractivity contribution in [2.75, 3.05) is 49.6 Å². The van der Waals surface area contributed by atoms with Gasteiger partial charge in [-0.05, 0) is 62.0 Å². The molecule has 1 amide bonds. The molecule has 6 heterocycles. The van der Waals surface area contributed by atoms with Crippen LogP contribution in [0.1, 0.15) is 50.1 Å². The fourth-order valence-electron chi connectivity index (χ4n) is 5.88. The van der Waals surface area contributed by atoms with Crippen LogP contribution >= 0.6 is 11.3 Å². The molecule has 0 spiro atoms. The standard InChI is InChI=1S/C28H29F3N6O3S2/c1-35-7-8-42(39,40)23-11-22(41-25(23)26(35)38)24-20(28(29,30)31)12-32-27(34-24)33-21-6-5-16(10-19(21)15-3-4-15)37-13-17-9-18(14-37)36(17)2/h5-6,10-12,15,17-18H,3-4,7-9,13-14H2,1-2H3,(H,32,33,34)/i2D3. The first-order valence-electron chi connectivity index (χ1n) is 15.1. The lowest BCUT2D eigenvalue weighted by molar-refractivity contribution is -0.137. The Kier molecular flexibility index (Phi) is 5.56. The largest absolute Gasteiger partial charge is 0.420 e. The second-order valence-electron chi connectivity index (χ2n) is 11.3. The van der Waals surface area contributed by atoms with Crippen LogP contribution in [0.25, 0.3) is 10.6 Å². The minimum absolute atomic E-state index is 0.0189. The first kappa shape index (κ1) is 24.2. The highest BCUT2D eigenvalue weighted by molar-refractivity contribution is 7.91. The van der Waals surface area contributed by atoms with Crippen molar-refractivity contribution >= 4 is 44.4 Å². The highest BCUT2D eigenvalue weighted by atomic mass is 32.2. The minimum atomic E-state index is -4.83. The maximum atomic E-state index is 14.1. The fourth-order valence-corrected chi connectivity index (χ4v) is 8.92. The molecule has 1 N–H and O–H groups in total. The molecular weight excluding hydrogens is 589 g/mol. The SMILES string of the molecule is [2H]C([2H])([2H])N1C2CC1CN(c1ccc(Nc3ncc(C(F)(F)F)c(-c4cc5c(s4)C(=O)N(C)CCS5(=O)=O)n3)c(C3CC3)c1)C2. The molecule has 2 bridgehead atoms. The van der Waals surface area contributed by atoms with Gasteiger partial charge in [0.1, 0.15) is 10.4 Å². The quantitative estimate of drug-likeness (QED) is 0.442. The van der Waals surface area contributed by atoms with Gasteiger partial charge >= 0.3 is 6.18 Å². The molecule has 3 saturated heterocycles. The third kappa shape index (κ3) is 4.73. The van der Waals surface area contributed by atoms with Gasteiger partial charge in [0.25, 0.3) is 5.91 Å². The van der Waals surface area contributed by atoms with E-state index in [1.807, 2.05) is 18.2 Å². The van der Waals surface area contributed by atoms with Crippen molar-refractivity contribution in [1.82, 2.24) is 19.8 Å². The number of anilines is 3. The number of alkyl halides is 3. The molecule has 2 aromatic heterocycles. The maximum absolute atomic E-state index is 14.1. The molecule has 1 saturated carbocycles. The third-order valence-electron chi connectivity index (χ3n) is 8.45. The Morgan fingerprint density at radius 1 is 1.17 bits per heavy atom. The van der Waals surface area contributed by atoms with Gasteiger partial charge in [0, 0.05) is 60.4 Å². The number of halogens is 3. The van der Waals surface area contributed by atoms with Crippen LogP contribution in [0.2, 0.25) is 0 Å². The number of piperidine rings is 1. The Bertz CT molecular complexity index is 1800. The Morgan fingerprint density at radius 3 is 2.62 bits per heavy atom. The number of hydrogen-bond donors (Lipinski definition) is 1. The number of nitrogens with one attached hydrogen (secondary N) is 1. The first-order chi connectivity index (χ1) is 21.1. The monoisotopic (exact) mass is 621 g/mol. The van der Waals surface area contributed by atoms with Crippen LogP contribution in [0.5, 0.6) is 0 Å². The number of rotatable bonds is 5. The summed E-state index contributed by atoms with van der Waals surface area (Å²) in [5, 5.41) is 3.08. The summed E-state index contributed by atoms with van der Waals surface area (Å²) < 4.78 is 91.5. The molecule has 5 aliphatic rings. The van der Waals surface area contributed by atoms with Crippen molar-refractivity contribution in [2.45, 2.75) is 48.3 Å². The average molecular weight is 622 g/mol. The molecule has 1 aromatic carbocycles. The zero-order valence-corrected chi connectivity index (χ0v) is 24.1. The molecular formula is C28H29F3N6O3S2. The Morgan fingerprint density at radius 2 is 1.93 bits per heavy atom. The second-order valence-corrected chi connectivity index (χ2v) is 14.5. The summed E-state index contributed by atoms with van der Waals surface area (Å²) in [6.45, 7) is -0.948. The topological polar surface area (TPSA) is 98.7 Å². The molecule has 8 rings (SSSR count). The molecule has 222 valence electrons. The van der Waals surface area contributed by atoms with Crippen molar-refractivity contribution in [3.63, 3.8) is 0 Å². The molecule has 2 unspecified atom stereocenters. The number of aromatic nitrogens is 2. The van der Waals surface area contributed by atoms with Gasteiger partial charge in [-0.3, -0.25) is 9.69 Å². The number of piperazine rings is 1. The summed E-state index contributed by atoms with van der Waals surface area (Å²) in [7, 11) is -2.45. The molecule has 4 fully saturated rings. The Labute approximate surface area is 249 Å². The molecule has 42 heavy (non-hydrogen) atoms. The van der Waals surface area contributed by atoms with Gasteiger partial charge in [-0.1, -0.05) is 0 Å². The predicted octanol–water partition coefficient (Wildman–Crippen LogP) is 4.60. The van der Waals surface area contributed by atoms with Crippen LogP contribution in [0, 0.1) is 0 Å². The van der Waals surface area contributed by atoms with E-state index in [1.54, 1.807) is 4.90 Å². The zero-order chi connectivity index (χ0) is 32.1. The number of carbonyl (C=O) groups excluding carboxylic acids is 1. The van der Waals surface area contributed by atoms with Gasteiger partial charge in [0.05, 0.1) is 21.2 Å². The molecule has 0 radical (unpaired) electrons. The van der Waals surface area contributed by atoms with Gasteiger partial charge in [0.15, 0.2) is 9.84 Å². The van der Waals surface area contributed by atoms with Crippen molar-refractivity contribution in [2.24, 2.45) is 0 Å². The van der Waals surface area contributed by atoms with Crippen LogP contribution in [0.15, 0.2) is 35.4 Å². The van der Waals surface area contributed by atoms with E-state index in [4.69, 9.17) is 4.11 Å². The van der Waals surface area contributed by atoms with Crippen molar-refractivity contribution in [3.05, 3.63) is 46.5 Å². The highest BCUT2D eigenvalue weighted by Crippen LogP contribution is 2.47. The van der Waals surface area contributed by atoms with Gasteiger partial charge < -0.3 is 15.1 Å². The normalized spacial score (nSPS) is 25.1. The van der Waals surface area contributed by atoms with Crippen molar-refractivity contribution in [1.29, 1.82) is 0 Å². The first-order valence-corrected chi connectivity index (χ1v) is 16.1. The summed E-state index contributed by atoms with van der Waals surface area (Å²) >= 11 is 0.670. The number of likely N-dealkylation sites (N-methyl/N-ethyl adjacent to an activating group) is 1. The molecule has 4 aliphatic heterocycles. The maximum Gasteiger partial charge on any atom is 0.420 e. The number of nitrogens with zero attached hydrogens (tertiary/aromatic N) is 5. The van der Waals surface area contributed by atoms with E-state index >= 15 is 0 Å². The van der Waals surface area contributed by atoms with E-state index in [2.05, 4.69) is 20.2 Å². The predicted molar refractivity (Wildman–Crippen MR) is 153 cm³/mol. The van der Waals surface area contributed by atoms with Crippen LogP contribution in [0.4, 0.5) is 30.5 Å². The van der Waals surface area contributed by atoms with Gasteiger partial charge in [-0.25, -0.2) is 18.4 Å². The summed E-state index contributed by atoms with van der Waals surface area (Å²) in [4.78, 5) is 25.5. The molecule has 1 aliphatic carbocycles. The third-order valence-corrected chi connectivity index (χ3v) is 11.4. The number of fused-ring (bicyclic) bond motifs is 3. The summed E-state index contributed by atoms with van der Waals surface area (Å²) in [6, 6.07) is 6.78. The van der Waals surface area contributed by atoms with E-state index in [0.29, 0.717) is 36.3 Å². The number of hydrogen-bond acceptors (Lipinski definition) is 9. The summed E-state index contributed by atoms with van der Waals surface area (Å²) in [5.74, 6) is -0.761. The lowest BCUT2D eigenvalue weighted by atomic mass is 9.88. The van der Waals surface area contributed by atoms with Crippen LogP contribution in [0.3, 0.4) is 0 Å². The number of thiophene rings is 1. The van der Waals surface area contributed by atoms with Crippen molar-refractivity contribution < 1.29 is 30.5 Å². The number of amides is 1. The lowest BCUT2D eigenvalue weighted by Gasteiger charge is -2.55. The Hall–Kier alpha value is -3.23. The van der Waals surface area contributed by atoms with Crippen LogP contribution in [-0.4, -0.2) is 85.6 Å². The summed E-state index contributed by atoms with van der Waals surface area (Å²) in [6.07, 6.45) is -1.42. The zero-order valence-electron chi connectivity index (χ0n) is 25.5. The fraction of sp³-hybridized carbons (Fsp3) is 0.464. The highest BCUT2D eigenvalue weighted by Gasteiger charge is 2.42. The molecule has 2 atom stereocenters. The van der Waals surface area contributed by atoms with Crippen LogP contribution < -0.4 is 10.2 Å². The van der Waals surface area contributed by atoms with E-state index in [-0.39, 0.29) is 50.9 Å². The van der Waals surface area contributed by atoms with Crippen molar-refractivity contribution in [3.8, 4) is 10.6 Å². The lowest BCUT2D eigenvalue weighted by Crippen LogP contribution is -2.67. The average Bonchev–Trinajstić information content (AvgIpc) is 3.71. The van der Waals surface area contributed by atoms with Gasteiger partial charge in [-0.15, -0.1) is 11.3 Å². The van der Waals surface area contributed by atoms with E-state index in [9.17, 15) is 26.4 Å². The number of carbonyl (C=O) groups is 1. The number of benzene rings is 1. The number of sulfone groups is 1. The smallest absolute Gasteiger partial charge is 0.368 e. The van der Waals surface area contributed by atoms with E-state index in [0.717, 1.165) is 36.6 Å². The summed E-state index contributed by atoms with van der Waals surface area (Å²) in [5.41, 5.74) is 0.897. The minimum Gasteiger partial charge on any atom is -0.368 e. The van der Waals surface area contributed by atoms with Gasteiger partial charge in [0.2, 0.25) is 5.95 Å². The van der Waals surface area contributed by atoms with E-state index in [1.165, 1.54) is 11.9 Å². The second kappa shape index (κ2) is 9.64. The van der Waals surface area contributed by atoms with Gasteiger partial charge in [-0.2, -0.15) is 13.2 Å². The molecule has 3 aromatic rings. The molecule has 9 nitrogen and oxygen atoms in total. The molecule has 14 heteroatoms.